The number of nitrogens with zero attached hydrogens (tertiary/aromatic N) is 1. The van der Waals surface area contributed by atoms with Gasteiger partial charge in [0.2, 0.25) is 0 Å². The fraction of sp³-hybridized carbons (Fsp3) is 0.302. The molecule has 0 aliphatic heterocycles. The maximum atomic E-state index is 6.37. The predicted molar refractivity (Wildman–Crippen MR) is 235 cm³/mol. The van der Waals surface area contributed by atoms with Crippen molar-refractivity contribution in [3.63, 3.8) is 0 Å². The van der Waals surface area contributed by atoms with E-state index in [1.807, 2.05) is 42.5 Å². The van der Waals surface area contributed by atoms with Gasteiger partial charge in [-0.2, -0.15) is 0 Å². The van der Waals surface area contributed by atoms with Crippen LogP contribution in [0, 0.1) is 12.3 Å². The van der Waals surface area contributed by atoms with E-state index in [2.05, 4.69) is 165 Å². The van der Waals surface area contributed by atoms with Crippen LogP contribution in [0.5, 0.6) is 17.2 Å². The minimum Gasteiger partial charge on any atom is -0.487 e. The molecule has 4 heteroatoms. The van der Waals surface area contributed by atoms with Crippen LogP contribution in [0.1, 0.15) is 113 Å². The van der Waals surface area contributed by atoms with Crippen molar-refractivity contribution >= 4 is 0 Å². The fourth-order valence-electron chi connectivity index (χ4n) is 7.25. The van der Waals surface area contributed by atoms with Crippen molar-refractivity contribution in [3.05, 3.63) is 190 Å². The van der Waals surface area contributed by atoms with Gasteiger partial charge in [-0.15, -0.1) is 6.42 Å². The molecular weight excluding hydrogens is 699 g/mol. The zero-order chi connectivity index (χ0) is 40.8. The summed E-state index contributed by atoms with van der Waals surface area (Å²) in [5.74, 6) is 4.61. The van der Waals surface area contributed by atoms with E-state index in [1.54, 1.807) is 0 Å². The Kier molecular flexibility index (Phi) is 12.0. The molecule has 0 aliphatic rings. The van der Waals surface area contributed by atoms with E-state index in [1.165, 1.54) is 33.4 Å². The molecule has 0 atom stereocenters. The smallest absolute Gasteiger partial charge is 0.148 e. The molecule has 0 bridgehead atoms. The Morgan fingerprint density at radius 1 is 0.421 bits per heavy atom. The van der Waals surface area contributed by atoms with Gasteiger partial charge in [-0.25, -0.2) is 0 Å². The Balaban J connectivity index is 1.33. The number of benzene rings is 5. The number of pyridine rings is 1. The van der Waals surface area contributed by atoms with Crippen molar-refractivity contribution < 1.29 is 14.2 Å². The molecule has 0 spiro atoms. The van der Waals surface area contributed by atoms with Crippen molar-refractivity contribution in [2.24, 2.45) is 0 Å². The third-order valence-corrected chi connectivity index (χ3v) is 10.6. The number of aromatic nitrogens is 1. The van der Waals surface area contributed by atoms with Gasteiger partial charge in [0.05, 0.1) is 16.8 Å². The molecule has 0 saturated carbocycles. The van der Waals surface area contributed by atoms with Crippen LogP contribution in [0.25, 0.3) is 0 Å². The first-order chi connectivity index (χ1) is 27.1. The zero-order valence-electron chi connectivity index (χ0n) is 35.1. The Labute approximate surface area is 341 Å². The van der Waals surface area contributed by atoms with E-state index in [4.69, 9.17) is 25.6 Å². The highest BCUT2D eigenvalue weighted by atomic mass is 16.5. The van der Waals surface area contributed by atoms with Gasteiger partial charge in [0.1, 0.15) is 37.1 Å². The molecule has 0 radical (unpaired) electrons. The summed E-state index contributed by atoms with van der Waals surface area (Å²) in [4.78, 5) is 4.82. The first kappa shape index (κ1) is 40.9. The minimum absolute atomic E-state index is 0.0359. The summed E-state index contributed by atoms with van der Waals surface area (Å²) in [6, 6.07) is 49.7. The summed E-state index contributed by atoms with van der Waals surface area (Å²) in [5, 5.41) is 0. The second kappa shape index (κ2) is 16.7. The minimum atomic E-state index is -0.593. The standard InChI is InChI=1S/C53H57NO3/c1-11-34-55-48-16-13-17-49(35-48)57-37-46-15-12-14-45(54-46)36-56-47-32-30-44(31-33-47)53(41-24-18-38(19-25-41)50(2,3)4,42-26-20-39(21-27-42)51(5,6)7)43-28-22-40(23-29-43)52(8,9)10/h1,12-33,35H,34,36-37H2,2-10H3. The third-order valence-electron chi connectivity index (χ3n) is 10.6. The molecule has 1 heterocycles. The first-order valence-corrected chi connectivity index (χ1v) is 19.9. The van der Waals surface area contributed by atoms with E-state index in [0.29, 0.717) is 24.7 Å². The molecule has 6 rings (SSSR count). The molecule has 0 amide bonds. The normalized spacial score (nSPS) is 12.1. The lowest BCUT2D eigenvalue weighted by Gasteiger charge is -2.38. The highest BCUT2D eigenvalue weighted by Gasteiger charge is 2.39. The number of ether oxygens (including phenoxy) is 3. The van der Waals surface area contributed by atoms with Gasteiger partial charge >= 0.3 is 0 Å². The molecule has 0 N–H and O–H groups in total. The van der Waals surface area contributed by atoms with Gasteiger partial charge in [-0.1, -0.05) is 165 Å². The summed E-state index contributed by atoms with van der Waals surface area (Å²) in [6.45, 7) is 21.2. The molecule has 0 unspecified atom stereocenters. The van der Waals surface area contributed by atoms with Gasteiger partial charge in [-0.3, -0.25) is 4.98 Å². The van der Waals surface area contributed by atoms with Crippen molar-refractivity contribution in [1.29, 1.82) is 0 Å². The van der Waals surface area contributed by atoms with Gasteiger partial charge in [0.15, 0.2) is 0 Å². The SMILES string of the molecule is C#CCOc1cccc(OCc2cccc(COc3ccc(C(c4ccc(C(C)(C)C)cc4)(c4ccc(C(C)(C)C)cc4)c4ccc(C(C)(C)C)cc4)cc3)n2)c1. The second-order valence-corrected chi connectivity index (χ2v) is 17.9. The molecule has 1 aromatic heterocycles. The fourth-order valence-corrected chi connectivity index (χ4v) is 7.25. The van der Waals surface area contributed by atoms with Crippen LogP contribution in [-0.2, 0) is 34.9 Å². The quantitative estimate of drug-likeness (QED) is 0.0921. The van der Waals surface area contributed by atoms with Crippen LogP contribution in [-0.4, -0.2) is 11.6 Å². The molecule has 0 aliphatic carbocycles. The van der Waals surface area contributed by atoms with E-state index < -0.39 is 5.41 Å². The lowest BCUT2D eigenvalue weighted by molar-refractivity contribution is 0.288. The van der Waals surface area contributed by atoms with Gasteiger partial charge in [0.25, 0.3) is 0 Å². The largest absolute Gasteiger partial charge is 0.487 e. The predicted octanol–water partition coefficient (Wildman–Crippen LogP) is 12.5. The Morgan fingerprint density at radius 2 is 0.754 bits per heavy atom. The van der Waals surface area contributed by atoms with Crippen LogP contribution in [0.15, 0.2) is 140 Å². The average molecular weight is 756 g/mol. The summed E-state index contributed by atoms with van der Waals surface area (Å²) in [6.07, 6.45) is 5.33. The van der Waals surface area contributed by atoms with Crippen LogP contribution < -0.4 is 14.2 Å². The van der Waals surface area contributed by atoms with Crippen LogP contribution in [0.3, 0.4) is 0 Å². The van der Waals surface area contributed by atoms with Crippen molar-refractivity contribution in [3.8, 4) is 29.6 Å². The van der Waals surface area contributed by atoms with Crippen LogP contribution in [0.2, 0.25) is 0 Å². The Bertz CT molecular complexity index is 2140. The van der Waals surface area contributed by atoms with Gasteiger partial charge in [-0.05, 0) is 91.6 Å². The zero-order valence-corrected chi connectivity index (χ0v) is 35.1. The first-order valence-electron chi connectivity index (χ1n) is 19.9. The number of hydrogen-bond acceptors (Lipinski definition) is 4. The lowest BCUT2D eigenvalue weighted by Crippen LogP contribution is -2.31. The molecule has 0 fully saturated rings. The number of rotatable bonds is 12. The van der Waals surface area contributed by atoms with Crippen LogP contribution >= 0.6 is 0 Å². The second-order valence-electron chi connectivity index (χ2n) is 17.9. The summed E-state index contributed by atoms with van der Waals surface area (Å²) >= 11 is 0. The van der Waals surface area contributed by atoms with Gasteiger partial charge in [0, 0.05) is 6.07 Å². The van der Waals surface area contributed by atoms with E-state index in [0.717, 1.165) is 22.7 Å². The maximum Gasteiger partial charge on any atom is 0.148 e. The molecule has 57 heavy (non-hydrogen) atoms. The van der Waals surface area contributed by atoms with E-state index >= 15 is 0 Å². The third kappa shape index (κ3) is 9.61. The molecule has 4 nitrogen and oxygen atoms in total. The Hall–Kier alpha value is -5.79. The number of terminal acetylenes is 1. The topological polar surface area (TPSA) is 40.6 Å². The van der Waals surface area contributed by atoms with E-state index in [-0.39, 0.29) is 22.9 Å². The monoisotopic (exact) mass is 755 g/mol. The molecule has 6 aromatic rings. The molecule has 292 valence electrons. The van der Waals surface area contributed by atoms with E-state index in [9.17, 15) is 0 Å². The van der Waals surface area contributed by atoms with Crippen molar-refractivity contribution in [1.82, 2.24) is 4.98 Å². The summed E-state index contributed by atoms with van der Waals surface area (Å²) in [5.41, 5.74) is 9.86. The highest BCUT2D eigenvalue weighted by Crippen LogP contribution is 2.47. The van der Waals surface area contributed by atoms with Crippen LogP contribution in [0.4, 0.5) is 0 Å². The molecule has 5 aromatic carbocycles. The maximum absolute atomic E-state index is 6.37. The average Bonchev–Trinajstić information content (AvgIpc) is 3.19. The molecule has 0 saturated heterocycles. The summed E-state index contributed by atoms with van der Waals surface area (Å²) < 4.78 is 17.9. The van der Waals surface area contributed by atoms with Crippen molar-refractivity contribution in [2.75, 3.05) is 6.61 Å². The Morgan fingerprint density at radius 3 is 1.14 bits per heavy atom. The number of hydrogen-bond donors (Lipinski definition) is 0. The highest BCUT2D eigenvalue weighted by molar-refractivity contribution is 5.61. The lowest BCUT2D eigenvalue weighted by atomic mass is 9.64. The molecular formula is C53H57NO3. The van der Waals surface area contributed by atoms with Gasteiger partial charge < -0.3 is 14.2 Å². The van der Waals surface area contributed by atoms with Crippen molar-refractivity contribution in [2.45, 2.75) is 97.2 Å². The summed E-state index contributed by atoms with van der Waals surface area (Å²) in [7, 11) is 0.